The standard InChI is InChI=1S/C15H28N2O.ClH/c1-13-12-17(11-10-16-13)15(18)9-5-8-14-6-3-2-4-7-14;/h13-14,16H,2-12H2,1H3;1H. The molecule has 2 fully saturated rings. The molecule has 3 nitrogen and oxygen atoms in total. The van der Waals surface area contributed by atoms with Crippen LogP contribution in [0.5, 0.6) is 0 Å². The van der Waals surface area contributed by atoms with Gasteiger partial charge in [0.2, 0.25) is 5.91 Å². The minimum absolute atomic E-state index is 0. The van der Waals surface area contributed by atoms with Crippen molar-refractivity contribution in [3.8, 4) is 0 Å². The van der Waals surface area contributed by atoms with Gasteiger partial charge in [-0.2, -0.15) is 0 Å². The molecule has 1 aliphatic carbocycles. The summed E-state index contributed by atoms with van der Waals surface area (Å²) in [6, 6.07) is 0.459. The van der Waals surface area contributed by atoms with Crippen molar-refractivity contribution in [1.29, 1.82) is 0 Å². The van der Waals surface area contributed by atoms with Crippen molar-refractivity contribution in [3.05, 3.63) is 0 Å². The summed E-state index contributed by atoms with van der Waals surface area (Å²) in [6.45, 7) is 4.89. The highest BCUT2D eigenvalue weighted by Crippen LogP contribution is 2.27. The summed E-state index contributed by atoms with van der Waals surface area (Å²) in [5.41, 5.74) is 0. The Hall–Kier alpha value is -0.280. The van der Waals surface area contributed by atoms with Crippen LogP contribution in [-0.2, 0) is 4.79 Å². The van der Waals surface area contributed by atoms with E-state index in [0.29, 0.717) is 11.9 Å². The van der Waals surface area contributed by atoms with Crippen LogP contribution < -0.4 is 5.32 Å². The first-order valence-electron chi connectivity index (χ1n) is 7.77. The van der Waals surface area contributed by atoms with Gasteiger partial charge in [0.05, 0.1) is 0 Å². The number of piperazine rings is 1. The normalized spacial score (nSPS) is 24.9. The Morgan fingerprint density at radius 2 is 2.00 bits per heavy atom. The fourth-order valence-corrected chi connectivity index (χ4v) is 3.33. The molecule has 1 amide bonds. The molecule has 0 radical (unpaired) electrons. The average molecular weight is 289 g/mol. The van der Waals surface area contributed by atoms with Gasteiger partial charge in [0, 0.05) is 32.1 Å². The number of hydrogen-bond donors (Lipinski definition) is 1. The van der Waals surface area contributed by atoms with E-state index in [1.807, 2.05) is 4.90 Å². The summed E-state index contributed by atoms with van der Waals surface area (Å²) < 4.78 is 0. The van der Waals surface area contributed by atoms with Crippen molar-refractivity contribution in [2.45, 2.75) is 64.3 Å². The topological polar surface area (TPSA) is 32.3 Å². The first kappa shape index (κ1) is 16.8. The molecule has 0 aromatic rings. The van der Waals surface area contributed by atoms with E-state index in [-0.39, 0.29) is 12.4 Å². The highest BCUT2D eigenvalue weighted by Gasteiger charge is 2.20. The predicted octanol–water partition coefficient (Wildman–Crippen LogP) is 2.98. The Morgan fingerprint density at radius 3 is 2.68 bits per heavy atom. The molecule has 0 spiro atoms. The second kappa shape index (κ2) is 8.80. The van der Waals surface area contributed by atoms with Crippen LogP contribution in [0.1, 0.15) is 58.3 Å². The second-order valence-corrected chi connectivity index (χ2v) is 6.09. The molecular weight excluding hydrogens is 260 g/mol. The number of nitrogens with zero attached hydrogens (tertiary/aromatic N) is 1. The van der Waals surface area contributed by atoms with Crippen LogP contribution >= 0.6 is 12.4 Å². The third-order valence-electron chi connectivity index (χ3n) is 4.45. The van der Waals surface area contributed by atoms with Gasteiger partial charge in [-0.05, 0) is 25.7 Å². The van der Waals surface area contributed by atoms with Crippen LogP contribution in [0.25, 0.3) is 0 Å². The van der Waals surface area contributed by atoms with Crippen LogP contribution in [0, 0.1) is 5.92 Å². The molecule has 2 aliphatic rings. The molecule has 1 heterocycles. The van der Waals surface area contributed by atoms with E-state index in [2.05, 4.69) is 12.2 Å². The lowest BCUT2D eigenvalue weighted by atomic mass is 9.86. The molecule has 1 atom stereocenters. The number of halogens is 1. The summed E-state index contributed by atoms with van der Waals surface area (Å²) >= 11 is 0. The third-order valence-corrected chi connectivity index (χ3v) is 4.45. The van der Waals surface area contributed by atoms with Crippen molar-refractivity contribution in [3.63, 3.8) is 0 Å². The number of amides is 1. The maximum Gasteiger partial charge on any atom is 0.222 e. The maximum atomic E-state index is 12.1. The van der Waals surface area contributed by atoms with E-state index in [4.69, 9.17) is 0 Å². The zero-order chi connectivity index (χ0) is 12.8. The molecule has 112 valence electrons. The van der Waals surface area contributed by atoms with Gasteiger partial charge in [-0.1, -0.05) is 32.1 Å². The van der Waals surface area contributed by atoms with Crippen LogP contribution in [0.2, 0.25) is 0 Å². The Morgan fingerprint density at radius 1 is 1.26 bits per heavy atom. The summed E-state index contributed by atoms with van der Waals surface area (Å²) in [4.78, 5) is 14.1. The molecule has 0 aromatic heterocycles. The smallest absolute Gasteiger partial charge is 0.222 e. The van der Waals surface area contributed by atoms with Crippen LogP contribution in [0.4, 0.5) is 0 Å². The van der Waals surface area contributed by atoms with E-state index >= 15 is 0 Å². The molecule has 0 aromatic carbocycles. The molecule has 1 saturated heterocycles. The van der Waals surface area contributed by atoms with Crippen molar-refractivity contribution < 1.29 is 4.79 Å². The lowest BCUT2D eigenvalue weighted by Gasteiger charge is -2.32. The highest BCUT2D eigenvalue weighted by atomic mass is 35.5. The molecule has 4 heteroatoms. The summed E-state index contributed by atoms with van der Waals surface area (Å²) in [5, 5.41) is 3.38. The number of carbonyl (C=O) groups excluding carboxylic acids is 1. The number of hydrogen-bond acceptors (Lipinski definition) is 2. The van der Waals surface area contributed by atoms with Crippen molar-refractivity contribution in [1.82, 2.24) is 10.2 Å². The van der Waals surface area contributed by atoms with Gasteiger partial charge in [-0.3, -0.25) is 4.79 Å². The van der Waals surface area contributed by atoms with Crippen molar-refractivity contribution >= 4 is 18.3 Å². The molecule has 0 bridgehead atoms. The Bertz CT molecular complexity index is 267. The fraction of sp³-hybridized carbons (Fsp3) is 0.933. The lowest BCUT2D eigenvalue weighted by molar-refractivity contribution is -0.132. The lowest BCUT2D eigenvalue weighted by Crippen LogP contribution is -2.51. The summed E-state index contributed by atoms with van der Waals surface area (Å²) in [6.07, 6.45) is 10.2. The fourth-order valence-electron chi connectivity index (χ4n) is 3.33. The molecule has 1 saturated carbocycles. The van der Waals surface area contributed by atoms with Crippen LogP contribution in [-0.4, -0.2) is 36.5 Å². The predicted molar refractivity (Wildman–Crippen MR) is 81.7 cm³/mol. The van der Waals surface area contributed by atoms with E-state index < -0.39 is 0 Å². The summed E-state index contributed by atoms with van der Waals surface area (Å²) in [7, 11) is 0. The molecule has 1 unspecified atom stereocenters. The summed E-state index contributed by atoms with van der Waals surface area (Å²) in [5.74, 6) is 1.28. The van der Waals surface area contributed by atoms with E-state index in [0.717, 1.165) is 38.4 Å². The number of rotatable bonds is 4. The van der Waals surface area contributed by atoms with E-state index in [1.54, 1.807) is 0 Å². The SMILES string of the molecule is CC1CN(C(=O)CCCC2CCCCC2)CCN1.Cl. The van der Waals surface area contributed by atoms with Gasteiger partial charge in [0.25, 0.3) is 0 Å². The number of carbonyl (C=O) groups is 1. The van der Waals surface area contributed by atoms with E-state index in [1.165, 1.54) is 38.5 Å². The first-order chi connectivity index (χ1) is 8.75. The molecule has 1 aliphatic heterocycles. The molecular formula is C15H29ClN2O. The Balaban J connectivity index is 0.00000180. The van der Waals surface area contributed by atoms with Crippen molar-refractivity contribution in [2.75, 3.05) is 19.6 Å². The van der Waals surface area contributed by atoms with Gasteiger partial charge in [0.1, 0.15) is 0 Å². The monoisotopic (exact) mass is 288 g/mol. The number of nitrogens with one attached hydrogen (secondary N) is 1. The maximum absolute atomic E-state index is 12.1. The average Bonchev–Trinajstić information content (AvgIpc) is 2.40. The Labute approximate surface area is 123 Å². The van der Waals surface area contributed by atoms with E-state index in [9.17, 15) is 4.79 Å². The molecule has 2 rings (SSSR count). The molecule has 1 N–H and O–H groups in total. The van der Waals surface area contributed by atoms with Crippen LogP contribution in [0.15, 0.2) is 0 Å². The van der Waals surface area contributed by atoms with Crippen LogP contribution in [0.3, 0.4) is 0 Å². The minimum Gasteiger partial charge on any atom is -0.340 e. The van der Waals surface area contributed by atoms with Crippen molar-refractivity contribution in [2.24, 2.45) is 5.92 Å². The molecule has 19 heavy (non-hydrogen) atoms. The first-order valence-corrected chi connectivity index (χ1v) is 7.77. The third kappa shape index (κ3) is 5.70. The van der Waals surface area contributed by atoms with Gasteiger partial charge in [-0.15, -0.1) is 12.4 Å². The largest absolute Gasteiger partial charge is 0.340 e. The van der Waals surface area contributed by atoms with Gasteiger partial charge < -0.3 is 10.2 Å². The minimum atomic E-state index is 0. The van der Waals surface area contributed by atoms with Gasteiger partial charge >= 0.3 is 0 Å². The zero-order valence-corrected chi connectivity index (χ0v) is 13.0. The quantitative estimate of drug-likeness (QED) is 0.862. The highest BCUT2D eigenvalue weighted by molar-refractivity contribution is 5.85. The van der Waals surface area contributed by atoms with Gasteiger partial charge in [0.15, 0.2) is 0 Å². The zero-order valence-electron chi connectivity index (χ0n) is 12.2. The van der Waals surface area contributed by atoms with Gasteiger partial charge in [-0.25, -0.2) is 0 Å². The Kier molecular flexibility index (Phi) is 7.77. The second-order valence-electron chi connectivity index (χ2n) is 6.09.